The van der Waals surface area contributed by atoms with Crippen molar-refractivity contribution >= 4 is 0 Å². The van der Waals surface area contributed by atoms with Crippen LogP contribution in [-0.2, 0) is 0 Å². The Morgan fingerprint density at radius 2 is 2.22 bits per heavy atom. The van der Waals surface area contributed by atoms with Gasteiger partial charge in [-0.25, -0.2) is 4.68 Å². The predicted octanol–water partition coefficient (Wildman–Crippen LogP) is 2.72. The summed E-state index contributed by atoms with van der Waals surface area (Å²) in [6.45, 7) is 5.38. The van der Waals surface area contributed by atoms with Crippen molar-refractivity contribution in [1.29, 1.82) is 0 Å². The molecule has 1 N–H and O–H groups in total. The van der Waals surface area contributed by atoms with Crippen LogP contribution in [0, 0.1) is 0 Å². The first-order valence-corrected chi connectivity index (χ1v) is 6.54. The zero-order valence-corrected chi connectivity index (χ0v) is 11.0. The number of hydrogen-bond acceptors (Lipinski definition) is 3. The average Bonchev–Trinajstić information content (AvgIpc) is 2.94. The SMILES string of the molecule is CCCNC(CC)c1ccc(-n2cccn2)cn1. The monoisotopic (exact) mass is 244 g/mol. The van der Waals surface area contributed by atoms with Gasteiger partial charge in [-0.15, -0.1) is 0 Å². The van der Waals surface area contributed by atoms with Gasteiger partial charge in [0.2, 0.25) is 0 Å². The van der Waals surface area contributed by atoms with Gasteiger partial charge < -0.3 is 5.32 Å². The van der Waals surface area contributed by atoms with Crippen LogP contribution in [0.1, 0.15) is 38.4 Å². The maximum absolute atomic E-state index is 4.54. The van der Waals surface area contributed by atoms with E-state index in [2.05, 4.69) is 41.4 Å². The average molecular weight is 244 g/mol. The zero-order chi connectivity index (χ0) is 12.8. The predicted molar refractivity (Wildman–Crippen MR) is 72.7 cm³/mol. The molecule has 1 atom stereocenters. The van der Waals surface area contributed by atoms with Crippen molar-refractivity contribution in [3.63, 3.8) is 0 Å². The highest BCUT2D eigenvalue weighted by atomic mass is 15.3. The second-order valence-electron chi connectivity index (χ2n) is 4.31. The van der Waals surface area contributed by atoms with Gasteiger partial charge in [-0.1, -0.05) is 13.8 Å². The first-order valence-electron chi connectivity index (χ1n) is 6.54. The van der Waals surface area contributed by atoms with E-state index in [9.17, 15) is 0 Å². The number of pyridine rings is 1. The lowest BCUT2D eigenvalue weighted by atomic mass is 10.1. The summed E-state index contributed by atoms with van der Waals surface area (Å²) in [5.74, 6) is 0. The molecule has 0 aliphatic rings. The normalized spacial score (nSPS) is 12.6. The fraction of sp³-hybridized carbons (Fsp3) is 0.429. The Hall–Kier alpha value is -1.68. The van der Waals surface area contributed by atoms with Crippen molar-refractivity contribution in [3.8, 4) is 5.69 Å². The maximum Gasteiger partial charge on any atom is 0.0828 e. The summed E-state index contributed by atoms with van der Waals surface area (Å²) < 4.78 is 1.82. The first kappa shape index (κ1) is 12.8. The second kappa shape index (κ2) is 6.31. The molecule has 0 aliphatic carbocycles. The molecule has 2 aromatic heterocycles. The number of nitrogens with one attached hydrogen (secondary N) is 1. The summed E-state index contributed by atoms with van der Waals surface area (Å²) in [5.41, 5.74) is 2.09. The highest BCUT2D eigenvalue weighted by Crippen LogP contribution is 2.15. The molecule has 18 heavy (non-hydrogen) atoms. The molecule has 2 heterocycles. The molecule has 0 amide bonds. The smallest absolute Gasteiger partial charge is 0.0828 e. The van der Waals surface area contributed by atoms with Crippen molar-refractivity contribution in [1.82, 2.24) is 20.1 Å². The third-order valence-electron chi connectivity index (χ3n) is 2.95. The summed E-state index contributed by atoms with van der Waals surface area (Å²) in [6, 6.07) is 6.39. The Bertz CT molecular complexity index is 447. The lowest BCUT2D eigenvalue weighted by molar-refractivity contribution is 0.507. The van der Waals surface area contributed by atoms with E-state index in [4.69, 9.17) is 0 Å². The van der Waals surface area contributed by atoms with Gasteiger partial charge >= 0.3 is 0 Å². The van der Waals surface area contributed by atoms with Gasteiger partial charge in [0, 0.05) is 18.4 Å². The number of rotatable bonds is 6. The van der Waals surface area contributed by atoms with Crippen molar-refractivity contribution < 1.29 is 0 Å². The molecular formula is C14H20N4. The summed E-state index contributed by atoms with van der Waals surface area (Å²) in [4.78, 5) is 4.54. The molecule has 96 valence electrons. The van der Waals surface area contributed by atoms with Gasteiger partial charge in [-0.3, -0.25) is 4.98 Å². The Balaban J connectivity index is 2.11. The van der Waals surface area contributed by atoms with E-state index in [-0.39, 0.29) is 0 Å². The van der Waals surface area contributed by atoms with E-state index >= 15 is 0 Å². The summed E-state index contributed by atoms with van der Waals surface area (Å²) in [6.07, 6.45) is 7.75. The molecule has 0 radical (unpaired) electrons. The van der Waals surface area contributed by atoms with Gasteiger partial charge in [-0.2, -0.15) is 5.10 Å². The Kier molecular flexibility index (Phi) is 4.47. The van der Waals surface area contributed by atoms with Crippen LogP contribution in [0.2, 0.25) is 0 Å². The molecule has 0 bridgehead atoms. The van der Waals surface area contributed by atoms with Crippen LogP contribution in [0.15, 0.2) is 36.8 Å². The second-order valence-corrected chi connectivity index (χ2v) is 4.31. The van der Waals surface area contributed by atoms with Crippen LogP contribution >= 0.6 is 0 Å². The number of hydrogen-bond donors (Lipinski definition) is 1. The lowest BCUT2D eigenvalue weighted by Crippen LogP contribution is -2.22. The van der Waals surface area contributed by atoms with E-state index in [1.807, 2.05) is 23.1 Å². The van der Waals surface area contributed by atoms with Crippen molar-refractivity contribution in [2.24, 2.45) is 0 Å². The summed E-state index contributed by atoms with van der Waals surface area (Å²) >= 11 is 0. The minimum atomic E-state index is 0.344. The highest BCUT2D eigenvalue weighted by Gasteiger charge is 2.09. The topological polar surface area (TPSA) is 42.7 Å². The summed E-state index contributed by atoms with van der Waals surface area (Å²) in [5, 5.41) is 7.70. The molecule has 0 saturated carbocycles. The van der Waals surface area contributed by atoms with E-state index in [1.54, 1.807) is 6.20 Å². The van der Waals surface area contributed by atoms with Crippen LogP contribution in [0.4, 0.5) is 0 Å². The van der Waals surface area contributed by atoms with Crippen molar-refractivity contribution in [3.05, 3.63) is 42.5 Å². The minimum absolute atomic E-state index is 0.344. The quantitative estimate of drug-likeness (QED) is 0.849. The van der Waals surface area contributed by atoms with Crippen LogP contribution in [0.3, 0.4) is 0 Å². The third-order valence-corrected chi connectivity index (χ3v) is 2.95. The van der Waals surface area contributed by atoms with E-state index in [0.29, 0.717) is 6.04 Å². The van der Waals surface area contributed by atoms with Gasteiger partial charge in [0.15, 0.2) is 0 Å². The molecule has 0 fully saturated rings. The van der Waals surface area contributed by atoms with E-state index in [1.165, 1.54) is 0 Å². The van der Waals surface area contributed by atoms with E-state index in [0.717, 1.165) is 30.8 Å². The molecule has 0 aromatic carbocycles. The largest absolute Gasteiger partial charge is 0.309 e. The molecule has 0 saturated heterocycles. The Morgan fingerprint density at radius 1 is 1.33 bits per heavy atom. The van der Waals surface area contributed by atoms with Crippen LogP contribution in [0.25, 0.3) is 5.69 Å². The number of nitrogens with zero attached hydrogens (tertiary/aromatic N) is 3. The minimum Gasteiger partial charge on any atom is -0.309 e. The lowest BCUT2D eigenvalue weighted by Gasteiger charge is -2.16. The van der Waals surface area contributed by atoms with Crippen LogP contribution in [-0.4, -0.2) is 21.3 Å². The molecule has 0 aliphatic heterocycles. The summed E-state index contributed by atoms with van der Waals surface area (Å²) in [7, 11) is 0. The van der Waals surface area contributed by atoms with Gasteiger partial charge in [0.05, 0.1) is 17.6 Å². The number of aromatic nitrogens is 3. The van der Waals surface area contributed by atoms with E-state index < -0.39 is 0 Å². The molecule has 2 rings (SSSR count). The fourth-order valence-electron chi connectivity index (χ4n) is 1.94. The standard InChI is InChI=1S/C14H20N4/c1-3-8-15-13(4-2)14-7-6-12(11-16-14)18-10-5-9-17-18/h5-7,9-11,13,15H,3-4,8H2,1-2H3. The highest BCUT2D eigenvalue weighted by molar-refractivity contribution is 5.29. The third kappa shape index (κ3) is 2.96. The molecule has 1 unspecified atom stereocenters. The van der Waals surface area contributed by atoms with Gasteiger partial charge in [0.1, 0.15) is 0 Å². The fourth-order valence-corrected chi connectivity index (χ4v) is 1.94. The molecule has 0 spiro atoms. The molecule has 2 aromatic rings. The Labute approximate surface area is 108 Å². The molecule has 4 nitrogen and oxygen atoms in total. The molecular weight excluding hydrogens is 224 g/mol. The zero-order valence-electron chi connectivity index (χ0n) is 11.0. The van der Waals surface area contributed by atoms with Crippen LogP contribution < -0.4 is 5.32 Å². The van der Waals surface area contributed by atoms with Crippen molar-refractivity contribution in [2.75, 3.05) is 6.54 Å². The van der Waals surface area contributed by atoms with Crippen LogP contribution in [0.5, 0.6) is 0 Å². The van der Waals surface area contributed by atoms with Gasteiger partial charge in [0.25, 0.3) is 0 Å². The van der Waals surface area contributed by atoms with Crippen molar-refractivity contribution in [2.45, 2.75) is 32.7 Å². The maximum atomic E-state index is 4.54. The van der Waals surface area contributed by atoms with Gasteiger partial charge in [-0.05, 0) is 37.6 Å². The molecule has 4 heteroatoms. The Morgan fingerprint density at radius 3 is 2.78 bits per heavy atom. The first-order chi connectivity index (χ1) is 8.85.